The molecule has 0 aliphatic carbocycles. The second-order valence-electron chi connectivity index (χ2n) is 6.59. The van der Waals surface area contributed by atoms with Crippen molar-refractivity contribution in [1.82, 2.24) is 19.3 Å². The van der Waals surface area contributed by atoms with Gasteiger partial charge in [0.25, 0.3) is 5.56 Å². The highest BCUT2D eigenvalue weighted by atomic mass is 32.1. The van der Waals surface area contributed by atoms with Crippen molar-refractivity contribution in [3.05, 3.63) is 69.6 Å². The number of benzene rings is 1. The highest BCUT2D eigenvalue weighted by Gasteiger charge is 2.18. The molecule has 0 bridgehead atoms. The zero-order valence-electron chi connectivity index (χ0n) is 14.8. The Morgan fingerprint density at radius 2 is 2.07 bits per heavy atom. The summed E-state index contributed by atoms with van der Waals surface area (Å²) in [5.41, 5.74) is 3.51. The molecule has 4 heterocycles. The third-order valence-corrected chi connectivity index (χ3v) is 5.87. The quantitative estimate of drug-likeness (QED) is 0.551. The number of aliphatic imine (C=N–C) groups is 1. The molecule has 0 saturated carbocycles. The van der Waals surface area contributed by atoms with Crippen molar-refractivity contribution >= 4 is 38.3 Å². The summed E-state index contributed by atoms with van der Waals surface area (Å²) in [5.74, 6) is 0. The van der Waals surface area contributed by atoms with Gasteiger partial charge in [-0.05, 0) is 11.6 Å². The Bertz CT molecular complexity index is 1280. The van der Waals surface area contributed by atoms with Crippen molar-refractivity contribution in [2.24, 2.45) is 12.0 Å². The van der Waals surface area contributed by atoms with Gasteiger partial charge in [-0.1, -0.05) is 36.4 Å². The lowest BCUT2D eigenvalue weighted by atomic mass is 10.2. The lowest BCUT2D eigenvalue weighted by Crippen LogP contribution is -2.24. The average molecular weight is 375 g/mol. The fraction of sp³-hybridized carbons (Fsp3) is 0.200. The molecule has 1 aliphatic heterocycles. The Kier molecular flexibility index (Phi) is 3.75. The molecular weight excluding hydrogens is 358 g/mol. The molecule has 6 nitrogen and oxygen atoms in total. The Morgan fingerprint density at radius 3 is 2.85 bits per heavy atom. The predicted molar refractivity (Wildman–Crippen MR) is 109 cm³/mol. The van der Waals surface area contributed by atoms with Crippen molar-refractivity contribution < 1.29 is 0 Å². The maximum atomic E-state index is 13.0. The van der Waals surface area contributed by atoms with E-state index in [1.807, 2.05) is 48.0 Å². The lowest BCUT2D eigenvalue weighted by Gasteiger charge is -2.05. The molecule has 134 valence electrons. The van der Waals surface area contributed by atoms with Crippen molar-refractivity contribution in [2.75, 3.05) is 6.54 Å². The first-order valence-corrected chi connectivity index (χ1v) is 9.60. The normalized spacial score (nSPS) is 13.7. The first-order chi connectivity index (χ1) is 13.2. The van der Waals surface area contributed by atoms with Gasteiger partial charge < -0.3 is 4.57 Å². The average Bonchev–Trinajstić information content (AvgIpc) is 3.38. The topological polar surface area (TPSA) is 65.1 Å². The van der Waals surface area contributed by atoms with Crippen molar-refractivity contribution in [3.63, 3.8) is 0 Å². The first-order valence-electron chi connectivity index (χ1n) is 8.78. The van der Waals surface area contributed by atoms with E-state index in [2.05, 4.69) is 16.2 Å². The van der Waals surface area contributed by atoms with Gasteiger partial charge in [-0.15, -0.1) is 11.3 Å². The number of aryl methyl sites for hydroxylation is 1. The minimum atomic E-state index is -0.0892. The third kappa shape index (κ3) is 2.71. The van der Waals surface area contributed by atoms with Gasteiger partial charge in [-0.25, -0.2) is 9.67 Å². The summed E-state index contributed by atoms with van der Waals surface area (Å²) >= 11 is 1.62. The summed E-state index contributed by atoms with van der Waals surface area (Å²) in [4.78, 5) is 22.2. The predicted octanol–water partition coefficient (Wildman–Crippen LogP) is 2.95. The van der Waals surface area contributed by atoms with Gasteiger partial charge in [0.15, 0.2) is 5.65 Å². The summed E-state index contributed by atoms with van der Waals surface area (Å²) in [6.45, 7) is 1.22. The van der Waals surface area contributed by atoms with E-state index < -0.39 is 0 Å². The SMILES string of the molecule is Cn1c2nc(CC3=NCC=C3)sc2c2cnn(Cc3ccccc3)c(=O)c21. The maximum absolute atomic E-state index is 13.0. The summed E-state index contributed by atoms with van der Waals surface area (Å²) in [5, 5.41) is 6.29. The zero-order valence-corrected chi connectivity index (χ0v) is 15.6. The van der Waals surface area contributed by atoms with E-state index >= 15 is 0 Å². The van der Waals surface area contributed by atoms with Crippen LogP contribution in [-0.4, -0.2) is 31.6 Å². The van der Waals surface area contributed by atoms with Crippen LogP contribution in [0.15, 0.2) is 58.5 Å². The Morgan fingerprint density at radius 1 is 1.22 bits per heavy atom. The van der Waals surface area contributed by atoms with E-state index in [1.165, 1.54) is 4.68 Å². The maximum Gasteiger partial charge on any atom is 0.291 e. The van der Waals surface area contributed by atoms with Crippen molar-refractivity contribution in [3.8, 4) is 0 Å². The summed E-state index contributed by atoms with van der Waals surface area (Å²) < 4.78 is 4.42. The van der Waals surface area contributed by atoms with Crippen LogP contribution in [0.25, 0.3) is 21.3 Å². The van der Waals surface area contributed by atoms with E-state index in [4.69, 9.17) is 4.98 Å². The molecule has 7 heteroatoms. The van der Waals surface area contributed by atoms with Gasteiger partial charge in [0.2, 0.25) is 0 Å². The van der Waals surface area contributed by atoms with E-state index in [0.29, 0.717) is 12.1 Å². The summed E-state index contributed by atoms with van der Waals surface area (Å²) in [7, 11) is 1.90. The largest absolute Gasteiger partial charge is 0.323 e. The van der Waals surface area contributed by atoms with Gasteiger partial charge in [0.1, 0.15) is 10.5 Å². The highest BCUT2D eigenvalue weighted by molar-refractivity contribution is 7.19. The standard InChI is InChI=1S/C20H17N5OS/c1-24-17-15(11-22-25(20(17)26)12-13-6-3-2-4-7-13)18-19(24)23-16(27-18)10-14-8-5-9-21-14/h2-8,11H,9-10,12H2,1H3. The number of hydrogen-bond acceptors (Lipinski definition) is 5. The number of nitrogens with zero attached hydrogens (tertiary/aromatic N) is 5. The molecule has 1 aromatic carbocycles. The molecule has 0 spiro atoms. The van der Waals surface area contributed by atoms with Crippen LogP contribution in [0.1, 0.15) is 10.6 Å². The minimum absolute atomic E-state index is 0.0892. The molecule has 0 atom stereocenters. The van der Waals surface area contributed by atoms with Gasteiger partial charge in [-0.2, -0.15) is 5.10 Å². The molecule has 3 aromatic heterocycles. The van der Waals surface area contributed by atoms with Crippen LogP contribution in [0.5, 0.6) is 0 Å². The summed E-state index contributed by atoms with van der Waals surface area (Å²) in [6, 6.07) is 9.88. The van der Waals surface area contributed by atoms with Crippen molar-refractivity contribution in [1.29, 1.82) is 0 Å². The second kappa shape index (κ2) is 6.28. The van der Waals surface area contributed by atoms with Crippen LogP contribution in [-0.2, 0) is 20.0 Å². The number of aromatic nitrogens is 4. The molecule has 0 radical (unpaired) electrons. The third-order valence-electron chi connectivity index (χ3n) is 4.79. The Balaban J connectivity index is 1.59. The van der Waals surface area contributed by atoms with Gasteiger partial charge >= 0.3 is 0 Å². The number of fused-ring (bicyclic) bond motifs is 3. The van der Waals surface area contributed by atoms with Crippen LogP contribution in [0.4, 0.5) is 0 Å². The van der Waals surface area contributed by atoms with Gasteiger partial charge in [-0.3, -0.25) is 9.79 Å². The fourth-order valence-electron chi connectivity index (χ4n) is 3.46. The first kappa shape index (κ1) is 16.1. The van der Waals surface area contributed by atoms with Crippen LogP contribution in [0.3, 0.4) is 0 Å². The molecule has 5 rings (SSSR count). The van der Waals surface area contributed by atoms with Crippen molar-refractivity contribution in [2.45, 2.75) is 13.0 Å². The van der Waals surface area contributed by atoms with Gasteiger partial charge in [0, 0.05) is 24.6 Å². The molecule has 0 saturated heterocycles. The number of hydrogen-bond donors (Lipinski definition) is 0. The molecule has 0 fully saturated rings. The minimum Gasteiger partial charge on any atom is -0.323 e. The smallest absolute Gasteiger partial charge is 0.291 e. The Labute approximate surface area is 159 Å². The number of rotatable bonds is 4. The van der Waals surface area contributed by atoms with Gasteiger partial charge in [0.05, 0.1) is 24.0 Å². The molecule has 0 unspecified atom stereocenters. The molecule has 4 aromatic rings. The number of allylic oxidation sites excluding steroid dienone is 1. The van der Waals surface area contributed by atoms with Crippen LogP contribution in [0.2, 0.25) is 0 Å². The molecule has 27 heavy (non-hydrogen) atoms. The summed E-state index contributed by atoms with van der Waals surface area (Å²) in [6.07, 6.45) is 6.62. The lowest BCUT2D eigenvalue weighted by molar-refractivity contribution is 0.644. The van der Waals surface area contributed by atoms with Crippen LogP contribution < -0.4 is 5.56 Å². The monoisotopic (exact) mass is 375 g/mol. The molecule has 1 aliphatic rings. The molecule has 0 amide bonds. The van der Waals surface area contributed by atoms with Crippen LogP contribution >= 0.6 is 11.3 Å². The van der Waals surface area contributed by atoms with E-state index in [1.54, 1.807) is 17.5 Å². The van der Waals surface area contributed by atoms with E-state index in [0.717, 1.165) is 45.0 Å². The molecule has 0 N–H and O–H groups in total. The highest BCUT2D eigenvalue weighted by Crippen LogP contribution is 2.31. The van der Waals surface area contributed by atoms with E-state index in [-0.39, 0.29) is 5.56 Å². The van der Waals surface area contributed by atoms with Crippen LogP contribution in [0, 0.1) is 0 Å². The second-order valence-corrected chi connectivity index (χ2v) is 7.67. The molecular formula is C20H17N5OS. The Hall–Kier alpha value is -3.06. The fourth-order valence-corrected chi connectivity index (χ4v) is 4.58. The zero-order chi connectivity index (χ0) is 18.4. The van der Waals surface area contributed by atoms with E-state index in [9.17, 15) is 4.79 Å². The number of thiazole rings is 1.